The topological polar surface area (TPSA) is 38.0 Å². The zero-order valence-electron chi connectivity index (χ0n) is 6.21. The van der Waals surface area contributed by atoms with E-state index in [0.717, 1.165) is 23.4 Å². The van der Waals surface area contributed by atoms with Gasteiger partial charge in [0.15, 0.2) is 0 Å². The zero-order chi connectivity index (χ0) is 8.06. The smallest absolute Gasteiger partial charge is 0.141 e. The molecule has 60 valence electrons. The Bertz CT molecular complexity index is 293. The lowest BCUT2D eigenvalue weighted by molar-refractivity contribution is 0.0550. The summed E-state index contributed by atoms with van der Waals surface area (Å²) in [6.07, 6.45) is 2.67. The van der Waals surface area contributed by atoms with Crippen LogP contribution in [0.25, 0.3) is 0 Å². The van der Waals surface area contributed by atoms with Crippen LogP contribution in [-0.4, -0.2) is 14.7 Å². The summed E-state index contributed by atoms with van der Waals surface area (Å²) in [4.78, 5) is 4.17. The molecule has 0 radical (unpaired) electrons. The third-order valence-electron chi connectivity index (χ3n) is 2.07. The Kier molecular flexibility index (Phi) is 1.38. The quantitative estimate of drug-likeness (QED) is 0.710. The molecule has 0 aromatic carbocycles. The number of rotatable bonds is 0. The lowest BCUT2D eigenvalue weighted by atomic mass is 10.1. The molecule has 2 rings (SSSR count). The first-order chi connectivity index (χ1) is 5.09. The molecule has 2 heterocycles. The molecule has 4 heteroatoms. The molecule has 1 atom stereocenters. The minimum Gasteiger partial charge on any atom is -0.382 e. The molecule has 0 saturated carbocycles. The molecule has 0 unspecified atom stereocenters. The van der Waals surface area contributed by atoms with Crippen LogP contribution in [0.2, 0.25) is 0 Å². The molecule has 1 N–H and O–H groups in total. The lowest BCUT2D eigenvalue weighted by Gasteiger charge is -2.12. The Labute approximate surface area is 73.2 Å². The van der Waals surface area contributed by atoms with E-state index in [1.54, 1.807) is 6.92 Å². The van der Waals surface area contributed by atoms with E-state index in [1.165, 1.54) is 0 Å². The highest BCUT2D eigenvalue weighted by molar-refractivity contribution is 9.10. The SMILES string of the molecule is C[C@@]1(O)CCn2cc(Br)nc21. The van der Waals surface area contributed by atoms with Crippen molar-refractivity contribution in [2.45, 2.75) is 25.5 Å². The molecule has 1 aliphatic heterocycles. The summed E-state index contributed by atoms with van der Waals surface area (Å²) < 4.78 is 2.77. The molecular weight excluding hydrogens is 208 g/mol. The van der Waals surface area contributed by atoms with E-state index in [1.807, 2.05) is 10.8 Å². The average molecular weight is 217 g/mol. The molecule has 0 spiro atoms. The number of aromatic nitrogens is 2. The molecule has 11 heavy (non-hydrogen) atoms. The van der Waals surface area contributed by atoms with Crippen LogP contribution in [0.5, 0.6) is 0 Å². The second-order valence-electron chi connectivity index (χ2n) is 3.10. The van der Waals surface area contributed by atoms with Gasteiger partial charge < -0.3 is 9.67 Å². The van der Waals surface area contributed by atoms with Gasteiger partial charge in [-0.15, -0.1) is 0 Å². The van der Waals surface area contributed by atoms with Crippen molar-refractivity contribution >= 4 is 15.9 Å². The van der Waals surface area contributed by atoms with E-state index in [4.69, 9.17) is 0 Å². The fourth-order valence-corrected chi connectivity index (χ4v) is 1.85. The van der Waals surface area contributed by atoms with Gasteiger partial charge in [-0.3, -0.25) is 0 Å². The van der Waals surface area contributed by atoms with Crippen LogP contribution >= 0.6 is 15.9 Å². The van der Waals surface area contributed by atoms with Gasteiger partial charge in [-0.05, 0) is 22.9 Å². The van der Waals surface area contributed by atoms with Gasteiger partial charge >= 0.3 is 0 Å². The molecule has 1 aromatic heterocycles. The Morgan fingerprint density at radius 3 is 3.18 bits per heavy atom. The van der Waals surface area contributed by atoms with Crippen LogP contribution in [0.4, 0.5) is 0 Å². The van der Waals surface area contributed by atoms with Crippen LogP contribution in [0.15, 0.2) is 10.8 Å². The van der Waals surface area contributed by atoms with Crippen LogP contribution in [0, 0.1) is 0 Å². The summed E-state index contributed by atoms with van der Waals surface area (Å²) in [5, 5.41) is 9.76. The third-order valence-corrected chi connectivity index (χ3v) is 2.45. The Balaban J connectivity index is 2.54. The number of hydrogen-bond donors (Lipinski definition) is 1. The number of nitrogens with zero attached hydrogens (tertiary/aromatic N) is 2. The Hall–Kier alpha value is -0.350. The number of aryl methyl sites for hydroxylation is 1. The number of aliphatic hydroxyl groups is 1. The molecule has 0 saturated heterocycles. The van der Waals surface area contributed by atoms with Gasteiger partial charge in [0.2, 0.25) is 0 Å². The normalized spacial score (nSPS) is 29.0. The largest absolute Gasteiger partial charge is 0.382 e. The third kappa shape index (κ3) is 1.01. The first kappa shape index (κ1) is 7.31. The highest BCUT2D eigenvalue weighted by atomic mass is 79.9. The second-order valence-corrected chi connectivity index (χ2v) is 3.92. The summed E-state index contributed by atoms with van der Waals surface area (Å²) in [6, 6.07) is 0. The summed E-state index contributed by atoms with van der Waals surface area (Å²) in [6.45, 7) is 2.66. The van der Waals surface area contributed by atoms with Gasteiger partial charge in [0.25, 0.3) is 0 Å². The van der Waals surface area contributed by atoms with E-state index in [9.17, 15) is 5.11 Å². The Morgan fingerprint density at radius 2 is 2.55 bits per heavy atom. The molecule has 1 aromatic rings. The van der Waals surface area contributed by atoms with Crippen LogP contribution in [0.3, 0.4) is 0 Å². The standard InChI is InChI=1S/C7H9BrN2O/c1-7(11)2-3-10-4-5(8)9-6(7)10/h4,11H,2-3H2,1H3/t7-/m1/s1. The molecule has 0 fully saturated rings. The van der Waals surface area contributed by atoms with Crippen molar-refractivity contribution in [1.29, 1.82) is 0 Å². The second kappa shape index (κ2) is 2.08. The first-order valence-corrected chi connectivity index (χ1v) is 4.34. The van der Waals surface area contributed by atoms with E-state index in [-0.39, 0.29) is 0 Å². The van der Waals surface area contributed by atoms with Crippen LogP contribution in [0.1, 0.15) is 19.2 Å². The first-order valence-electron chi connectivity index (χ1n) is 3.55. The maximum absolute atomic E-state index is 9.76. The predicted octanol–water partition coefficient (Wildman–Crippen LogP) is 1.26. The average Bonchev–Trinajstić information content (AvgIpc) is 2.35. The maximum Gasteiger partial charge on any atom is 0.141 e. The van der Waals surface area contributed by atoms with E-state index >= 15 is 0 Å². The molecule has 3 nitrogen and oxygen atoms in total. The van der Waals surface area contributed by atoms with Crippen LogP contribution < -0.4 is 0 Å². The monoisotopic (exact) mass is 216 g/mol. The van der Waals surface area contributed by atoms with Crippen molar-refractivity contribution in [1.82, 2.24) is 9.55 Å². The summed E-state index contributed by atoms with van der Waals surface area (Å²) >= 11 is 3.27. The fourth-order valence-electron chi connectivity index (χ4n) is 1.43. The van der Waals surface area contributed by atoms with Crippen molar-refractivity contribution in [3.8, 4) is 0 Å². The van der Waals surface area contributed by atoms with Gasteiger partial charge in [-0.2, -0.15) is 0 Å². The summed E-state index contributed by atoms with van der Waals surface area (Å²) in [5.41, 5.74) is -0.730. The summed E-state index contributed by atoms with van der Waals surface area (Å²) in [5.74, 6) is 0.768. The van der Waals surface area contributed by atoms with Crippen LogP contribution in [-0.2, 0) is 12.1 Å². The van der Waals surface area contributed by atoms with Gasteiger partial charge in [-0.25, -0.2) is 4.98 Å². The van der Waals surface area contributed by atoms with Gasteiger partial charge in [0.05, 0.1) is 0 Å². The number of fused-ring (bicyclic) bond motifs is 1. The predicted molar refractivity (Wildman–Crippen MR) is 44.1 cm³/mol. The van der Waals surface area contributed by atoms with E-state index < -0.39 is 5.60 Å². The molecule has 0 amide bonds. The number of halogens is 1. The van der Waals surface area contributed by atoms with Crippen molar-refractivity contribution in [3.05, 3.63) is 16.6 Å². The van der Waals surface area contributed by atoms with Crippen molar-refractivity contribution < 1.29 is 5.11 Å². The van der Waals surface area contributed by atoms with E-state index in [2.05, 4.69) is 20.9 Å². The van der Waals surface area contributed by atoms with Crippen molar-refractivity contribution in [2.24, 2.45) is 0 Å². The number of imidazole rings is 1. The highest BCUT2D eigenvalue weighted by Gasteiger charge is 2.34. The minimum absolute atomic E-state index is 0.730. The molecular formula is C7H9BrN2O. The van der Waals surface area contributed by atoms with E-state index in [0.29, 0.717) is 0 Å². The fraction of sp³-hybridized carbons (Fsp3) is 0.571. The van der Waals surface area contributed by atoms with Gasteiger partial charge in [0, 0.05) is 19.2 Å². The van der Waals surface area contributed by atoms with Gasteiger partial charge in [0.1, 0.15) is 16.0 Å². The minimum atomic E-state index is -0.730. The summed E-state index contributed by atoms with van der Waals surface area (Å²) in [7, 11) is 0. The lowest BCUT2D eigenvalue weighted by Crippen LogP contribution is -2.17. The van der Waals surface area contributed by atoms with Gasteiger partial charge in [-0.1, -0.05) is 0 Å². The molecule has 1 aliphatic rings. The maximum atomic E-state index is 9.76. The zero-order valence-corrected chi connectivity index (χ0v) is 7.80. The Morgan fingerprint density at radius 1 is 1.82 bits per heavy atom. The molecule has 0 aliphatic carbocycles. The highest BCUT2D eigenvalue weighted by Crippen LogP contribution is 2.31. The molecule has 0 bridgehead atoms. The van der Waals surface area contributed by atoms with Crippen molar-refractivity contribution in [3.63, 3.8) is 0 Å². The number of hydrogen-bond acceptors (Lipinski definition) is 2. The van der Waals surface area contributed by atoms with Crippen molar-refractivity contribution in [2.75, 3.05) is 0 Å².